The quantitative estimate of drug-likeness (QED) is 0.354. The number of anilines is 2. The molecule has 0 unspecified atom stereocenters. The molecule has 0 saturated carbocycles. The predicted molar refractivity (Wildman–Crippen MR) is 139 cm³/mol. The van der Waals surface area contributed by atoms with Gasteiger partial charge in [-0.25, -0.2) is 9.78 Å². The highest BCUT2D eigenvalue weighted by Crippen LogP contribution is 2.33. The summed E-state index contributed by atoms with van der Waals surface area (Å²) in [6.07, 6.45) is 0.989. The molecule has 0 spiro atoms. The van der Waals surface area contributed by atoms with Crippen molar-refractivity contribution in [2.24, 2.45) is 0 Å². The highest BCUT2D eigenvalue weighted by atomic mass is 35.5. The fourth-order valence-electron chi connectivity index (χ4n) is 4.70. The average molecular weight is 486 g/mol. The van der Waals surface area contributed by atoms with Gasteiger partial charge in [0, 0.05) is 40.7 Å². The van der Waals surface area contributed by atoms with E-state index in [1.807, 2.05) is 6.07 Å². The van der Waals surface area contributed by atoms with Crippen LogP contribution >= 0.6 is 11.6 Å². The SMILES string of the molecule is Cc1ccccc1[C@@H]1CCN(c2cc(C(=O)O)c3cc(NC(=O)c4ccc(Cl)cc4)ccc3n2)C1. The average Bonchev–Trinajstić information content (AvgIpc) is 3.34. The summed E-state index contributed by atoms with van der Waals surface area (Å²) in [5.41, 5.74) is 4.28. The Morgan fingerprint density at radius 2 is 1.83 bits per heavy atom. The number of carboxylic acid groups (broad SMARTS) is 1. The molecule has 6 nitrogen and oxygen atoms in total. The number of carboxylic acids is 1. The van der Waals surface area contributed by atoms with Gasteiger partial charge in [0.2, 0.25) is 0 Å². The molecule has 0 aliphatic carbocycles. The molecule has 1 aliphatic heterocycles. The van der Waals surface area contributed by atoms with Gasteiger partial charge >= 0.3 is 5.97 Å². The molecule has 1 aliphatic rings. The van der Waals surface area contributed by atoms with Crippen molar-refractivity contribution >= 4 is 45.9 Å². The third-order valence-electron chi connectivity index (χ3n) is 6.53. The maximum atomic E-state index is 12.6. The highest BCUT2D eigenvalue weighted by Gasteiger charge is 2.27. The number of aromatic carboxylic acids is 1. The topological polar surface area (TPSA) is 82.5 Å². The van der Waals surface area contributed by atoms with E-state index in [0.29, 0.717) is 38.9 Å². The van der Waals surface area contributed by atoms with Gasteiger partial charge in [-0.15, -0.1) is 0 Å². The van der Waals surface area contributed by atoms with Crippen LogP contribution in [-0.2, 0) is 0 Å². The zero-order valence-corrected chi connectivity index (χ0v) is 19.9. The normalized spacial score (nSPS) is 15.4. The molecular formula is C28H24ClN3O3. The number of hydrogen-bond acceptors (Lipinski definition) is 4. The van der Waals surface area contributed by atoms with Crippen LogP contribution in [0.1, 0.15) is 44.2 Å². The standard InChI is InChI=1S/C28H24ClN3O3/c1-17-4-2-3-5-22(17)19-12-13-32(16-19)26-15-24(28(34)35)23-14-21(10-11-25(23)31-26)30-27(33)18-6-8-20(29)9-7-18/h2-11,14-15,19H,12-13,16H2,1H3,(H,30,33)(H,34,35)/t19-/m1/s1. The van der Waals surface area contributed by atoms with Gasteiger partial charge in [0.1, 0.15) is 5.82 Å². The minimum Gasteiger partial charge on any atom is -0.478 e. The van der Waals surface area contributed by atoms with Gasteiger partial charge in [-0.1, -0.05) is 35.9 Å². The summed E-state index contributed by atoms with van der Waals surface area (Å²) in [6.45, 7) is 3.72. The van der Waals surface area contributed by atoms with Crippen molar-refractivity contribution in [2.75, 3.05) is 23.3 Å². The number of benzene rings is 3. The van der Waals surface area contributed by atoms with Gasteiger partial charge in [-0.05, 0) is 73.0 Å². The predicted octanol–water partition coefficient (Wildman–Crippen LogP) is 6.14. The Morgan fingerprint density at radius 1 is 1.06 bits per heavy atom. The summed E-state index contributed by atoms with van der Waals surface area (Å²) in [5, 5.41) is 13.8. The lowest BCUT2D eigenvalue weighted by molar-refractivity contribution is 0.0698. The largest absolute Gasteiger partial charge is 0.478 e. The fourth-order valence-corrected chi connectivity index (χ4v) is 4.83. The van der Waals surface area contributed by atoms with Crippen LogP contribution in [0.4, 0.5) is 11.5 Å². The van der Waals surface area contributed by atoms with E-state index in [-0.39, 0.29) is 11.5 Å². The number of amides is 1. The lowest BCUT2D eigenvalue weighted by atomic mass is 9.94. The van der Waals surface area contributed by atoms with E-state index in [9.17, 15) is 14.7 Å². The van der Waals surface area contributed by atoms with Crippen molar-refractivity contribution in [1.82, 2.24) is 4.98 Å². The third kappa shape index (κ3) is 4.70. The van der Waals surface area contributed by atoms with Crippen LogP contribution in [0.25, 0.3) is 10.9 Å². The molecule has 35 heavy (non-hydrogen) atoms. The Balaban J connectivity index is 1.43. The molecule has 1 aromatic heterocycles. The Kier molecular flexibility index (Phi) is 6.14. The number of pyridine rings is 1. The van der Waals surface area contributed by atoms with Crippen molar-refractivity contribution in [3.8, 4) is 0 Å². The minimum atomic E-state index is -1.03. The summed E-state index contributed by atoms with van der Waals surface area (Å²) < 4.78 is 0. The summed E-state index contributed by atoms with van der Waals surface area (Å²) >= 11 is 5.90. The first-order valence-electron chi connectivity index (χ1n) is 11.4. The molecule has 1 fully saturated rings. The maximum absolute atomic E-state index is 12.6. The van der Waals surface area contributed by atoms with Crippen LogP contribution in [0.2, 0.25) is 5.02 Å². The van der Waals surface area contributed by atoms with Crippen LogP contribution in [0, 0.1) is 6.92 Å². The van der Waals surface area contributed by atoms with E-state index in [0.717, 1.165) is 19.5 Å². The maximum Gasteiger partial charge on any atom is 0.336 e. The molecule has 1 atom stereocenters. The zero-order chi connectivity index (χ0) is 24.5. The first kappa shape index (κ1) is 22.9. The number of nitrogens with zero attached hydrogens (tertiary/aromatic N) is 2. The molecule has 2 heterocycles. The van der Waals surface area contributed by atoms with Gasteiger partial charge in [-0.2, -0.15) is 0 Å². The number of hydrogen-bond donors (Lipinski definition) is 2. The van der Waals surface area contributed by atoms with Crippen molar-refractivity contribution in [2.45, 2.75) is 19.3 Å². The van der Waals surface area contributed by atoms with E-state index >= 15 is 0 Å². The smallest absolute Gasteiger partial charge is 0.336 e. The van der Waals surface area contributed by atoms with Crippen molar-refractivity contribution in [3.63, 3.8) is 0 Å². The number of fused-ring (bicyclic) bond motifs is 1. The Hall–Kier alpha value is -3.90. The van der Waals surface area contributed by atoms with Gasteiger partial charge in [0.25, 0.3) is 5.91 Å². The minimum absolute atomic E-state index is 0.159. The molecule has 1 amide bonds. The van der Waals surface area contributed by atoms with Crippen molar-refractivity contribution < 1.29 is 14.7 Å². The first-order valence-corrected chi connectivity index (χ1v) is 11.8. The first-order chi connectivity index (χ1) is 16.9. The summed E-state index contributed by atoms with van der Waals surface area (Å²) in [7, 11) is 0. The van der Waals surface area contributed by atoms with Crippen LogP contribution in [-0.4, -0.2) is 35.1 Å². The number of rotatable bonds is 5. The molecule has 176 valence electrons. The van der Waals surface area contributed by atoms with Gasteiger partial charge in [0.15, 0.2) is 0 Å². The molecule has 1 saturated heterocycles. The van der Waals surface area contributed by atoms with Crippen LogP contribution in [0.5, 0.6) is 0 Å². The molecule has 0 bridgehead atoms. The molecular weight excluding hydrogens is 462 g/mol. The third-order valence-corrected chi connectivity index (χ3v) is 6.78. The lowest BCUT2D eigenvalue weighted by Gasteiger charge is -2.20. The van der Waals surface area contributed by atoms with Gasteiger partial charge in [-0.3, -0.25) is 4.79 Å². The second kappa shape index (κ2) is 9.39. The zero-order valence-electron chi connectivity index (χ0n) is 19.2. The second-order valence-electron chi connectivity index (χ2n) is 8.81. The van der Waals surface area contributed by atoms with E-state index in [1.54, 1.807) is 48.5 Å². The molecule has 4 aromatic rings. The fraction of sp³-hybridized carbons (Fsp3) is 0.179. The number of aryl methyl sites for hydroxylation is 1. The van der Waals surface area contributed by atoms with Gasteiger partial charge < -0.3 is 15.3 Å². The Labute approximate surface area is 208 Å². The van der Waals surface area contributed by atoms with Crippen LogP contribution in [0.3, 0.4) is 0 Å². The molecule has 7 heteroatoms. The number of halogens is 1. The Morgan fingerprint density at radius 3 is 2.57 bits per heavy atom. The second-order valence-corrected chi connectivity index (χ2v) is 9.25. The summed E-state index contributed by atoms with van der Waals surface area (Å²) in [5.74, 6) is -0.298. The Bertz CT molecular complexity index is 1440. The monoisotopic (exact) mass is 485 g/mol. The summed E-state index contributed by atoms with van der Waals surface area (Å²) in [4.78, 5) is 31.7. The highest BCUT2D eigenvalue weighted by molar-refractivity contribution is 6.30. The van der Waals surface area contributed by atoms with Gasteiger partial charge in [0.05, 0.1) is 11.1 Å². The van der Waals surface area contributed by atoms with E-state index in [2.05, 4.69) is 35.3 Å². The van der Waals surface area contributed by atoms with Crippen LogP contribution in [0.15, 0.2) is 72.8 Å². The van der Waals surface area contributed by atoms with E-state index in [1.165, 1.54) is 11.1 Å². The lowest BCUT2D eigenvalue weighted by Crippen LogP contribution is -2.21. The van der Waals surface area contributed by atoms with E-state index < -0.39 is 5.97 Å². The molecule has 3 aromatic carbocycles. The van der Waals surface area contributed by atoms with Crippen molar-refractivity contribution in [1.29, 1.82) is 0 Å². The number of carbonyl (C=O) groups excluding carboxylic acids is 1. The van der Waals surface area contributed by atoms with Crippen molar-refractivity contribution in [3.05, 3.63) is 100 Å². The molecule has 5 rings (SSSR count). The van der Waals surface area contributed by atoms with Crippen LogP contribution < -0.4 is 10.2 Å². The number of carbonyl (C=O) groups is 2. The number of aromatic nitrogens is 1. The molecule has 0 radical (unpaired) electrons. The number of nitrogens with one attached hydrogen (secondary N) is 1. The molecule has 2 N–H and O–H groups in total. The summed E-state index contributed by atoms with van der Waals surface area (Å²) in [6, 6.07) is 21.7. The van der Waals surface area contributed by atoms with E-state index in [4.69, 9.17) is 16.6 Å².